The fraction of sp³-hybridized carbons (Fsp3) is 0.143. The molecule has 0 fully saturated rings. The van der Waals surface area contributed by atoms with Crippen LogP contribution in [0.1, 0.15) is 15.9 Å². The van der Waals surface area contributed by atoms with Crippen molar-refractivity contribution in [3.8, 4) is 17.0 Å². The molecule has 0 unspecified atom stereocenters. The predicted octanol–water partition coefficient (Wildman–Crippen LogP) is 3.89. The van der Waals surface area contributed by atoms with E-state index >= 15 is 0 Å². The second kappa shape index (κ2) is 8.83. The van der Waals surface area contributed by atoms with Gasteiger partial charge in [0.25, 0.3) is 5.91 Å². The van der Waals surface area contributed by atoms with Crippen LogP contribution in [0.3, 0.4) is 0 Å². The van der Waals surface area contributed by atoms with E-state index < -0.39 is 6.09 Å². The van der Waals surface area contributed by atoms with Gasteiger partial charge in [-0.2, -0.15) is 0 Å². The Hall–Kier alpha value is -3.94. The first-order valence-electron chi connectivity index (χ1n) is 8.73. The summed E-state index contributed by atoms with van der Waals surface area (Å²) in [6, 6.07) is 14.1. The lowest BCUT2D eigenvalue weighted by molar-refractivity contribution is 0.102. The van der Waals surface area contributed by atoms with Crippen LogP contribution in [0.15, 0.2) is 54.9 Å². The van der Waals surface area contributed by atoms with Gasteiger partial charge < -0.3 is 14.8 Å². The Morgan fingerprint density at radius 1 is 0.931 bits per heavy atom. The number of amides is 2. The molecule has 2 amide bonds. The van der Waals surface area contributed by atoms with Gasteiger partial charge in [-0.25, -0.2) is 14.8 Å². The van der Waals surface area contributed by atoms with E-state index in [9.17, 15) is 9.59 Å². The number of anilines is 2. The van der Waals surface area contributed by atoms with Crippen LogP contribution in [-0.2, 0) is 4.74 Å². The third-order valence-corrected chi connectivity index (χ3v) is 4.20. The maximum absolute atomic E-state index is 12.7. The average Bonchev–Trinajstić information content (AvgIpc) is 2.74. The second-order valence-electron chi connectivity index (χ2n) is 6.12. The molecule has 0 aliphatic carbocycles. The Balaban J connectivity index is 1.76. The highest BCUT2D eigenvalue weighted by Gasteiger charge is 2.12. The summed E-state index contributed by atoms with van der Waals surface area (Å²) in [4.78, 5) is 32.3. The lowest BCUT2D eigenvalue weighted by Gasteiger charge is -2.10. The number of hydrogen-bond donors (Lipinski definition) is 2. The molecule has 0 saturated heterocycles. The number of rotatable bonds is 5. The van der Waals surface area contributed by atoms with Gasteiger partial charge in [0.2, 0.25) is 0 Å². The van der Waals surface area contributed by atoms with E-state index in [0.717, 1.165) is 11.3 Å². The smallest absolute Gasteiger partial charge is 0.411 e. The highest BCUT2D eigenvalue weighted by Crippen LogP contribution is 2.22. The summed E-state index contributed by atoms with van der Waals surface area (Å²) >= 11 is 0. The van der Waals surface area contributed by atoms with Gasteiger partial charge in [-0.15, -0.1) is 0 Å². The van der Waals surface area contributed by atoms with Gasteiger partial charge >= 0.3 is 6.09 Å². The molecule has 3 aromatic rings. The third-order valence-electron chi connectivity index (χ3n) is 4.20. The Kier molecular flexibility index (Phi) is 6.03. The van der Waals surface area contributed by atoms with Crippen LogP contribution in [0.4, 0.5) is 16.3 Å². The van der Waals surface area contributed by atoms with Crippen molar-refractivity contribution in [1.82, 2.24) is 9.97 Å². The summed E-state index contributed by atoms with van der Waals surface area (Å²) in [6.07, 6.45) is 0.819. The maximum atomic E-state index is 12.7. The number of carbonyl (C=O) groups excluding carboxylic acids is 2. The molecule has 8 heteroatoms. The van der Waals surface area contributed by atoms with Crippen molar-refractivity contribution in [2.24, 2.45) is 0 Å². The molecular weight excluding hydrogens is 372 g/mol. The molecule has 1 aromatic heterocycles. The van der Waals surface area contributed by atoms with Crippen molar-refractivity contribution in [2.75, 3.05) is 24.9 Å². The monoisotopic (exact) mass is 392 g/mol. The number of aryl methyl sites for hydroxylation is 1. The molecule has 0 atom stereocenters. The molecule has 1 heterocycles. The van der Waals surface area contributed by atoms with Crippen molar-refractivity contribution in [3.05, 3.63) is 66.0 Å². The number of ether oxygens (including phenoxy) is 2. The molecule has 0 aliphatic heterocycles. The van der Waals surface area contributed by atoms with Gasteiger partial charge in [0, 0.05) is 22.9 Å². The fourth-order valence-corrected chi connectivity index (χ4v) is 2.69. The summed E-state index contributed by atoms with van der Waals surface area (Å²) in [5, 5.41) is 5.34. The van der Waals surface area contributed by atoms with Crippen molar-refractivity contribution in [1.29, 1.82) is 0 Å². The molecule has 148 valence electrons. The number of nitrogens with one attached hydrogen (secondary N) is 2. The number of carbonyl (C=O) groups is 2. The van der Waals surface area contributed by atoms with E-state index in [1.807, 2.05) is 24.3 Å². The molecule has 2 N–H and O–H groups in total. The Bertz CT molecular complexity index is 1040. The van der Waals surface area contributed by atoms with Crippen LogP contribution in [0.25, 0.3) is 11.3 Å². The summed E-state index contributed by atoms with van der Waals surface area (Å²) in [5.74, 6) is 0.815. The Morgan fingerprint density at radius 3 is 2.34 bits per heavy atom. The Morgan fingerprint density at radius 2 is 1.69 bits per heavy atom. The summed E-state index contributed by atoms with van der Waals surface area (Å²) in [5.41, 5.74) is 3.24. The van der Waals surface area contributed by atoms with Crippen LogP contribution in [-0.4, -0.2) is 36.2 Å². The van der Waals surface area contributed by atoms with Gasteiger partial charge in [0.05, 0.1) is 19.9 Å². The molecule has 0 bridgehead atoms. The normalized spacial score (nSPS) is 10.2. The van der Waals surface area contributed by atoms with Crippen molar-refractivity contribution >= 4 is 23.5 Å². The van der Waals surface area contributed by atoms with Crippen molar-refractivity contribution in [2.45, 2.75) is 6.92 Å². The van der Waals surface area contributed by atoms with E-state index in [1.54, 1.807) is 38.3 Å². The fourth-order valence-electron chi connectivity index (χ4n) is 2.69. The van der Waals surface area contributed by atoms with Crippen LogP contribution in [0, 0.1) is 6.92 Å². The van der Waals surface area contributed by atoms with Gasteiger partial charge in [-0.3, -0.25) is 10.1 Å². The lowest BCUT2D eigenvalue weighted by Crippen LogP contribution is -2.15. The first-order chi connectivity index (χ1) is 14.0. The molecule has 3 rings (SSSR count). The zero-order chi connectivity index (χ0) is 20.8. The molecule has 0 spiro atoms. The lowest BCUT2D eigenvalue weighted by atomic mass is 10.1. The number of nitrogens with zero attached hydrogens (tertiary/aromatic N) is 2. The van der Waals surface area contributed by atoms with E-state index in [4.69, 9.17) is 4.74 Å². The van der Waals surface area contributed by atoms with Crippen molar-refractivity contribution in [3.63, 3.8) is 0 Å². The number of hydrogen-bond acceptors (Lipinski definition) is 6. The standard InChI is InChI=1S/C21H20N4O4/c1-13-10-15(24-21(27)29-3)6-9-17(13)20(26)25-19-11-18(22-12-23-19)14-4-7-16(28-2)8-5-14/h4-12H,1-3H3,(H,24,27)(H,22,23,25,26). The molecule has 0 radical (unpaired) electrons. The van der Waals surface area contributed by atoms with Crippen LogP contribution in [0.5, 0.6) is 5.75 Å². The van der Waals surface area contributed by atoms with Gasteiger partial charge in [0.15, 0.2) is 0 Å². The van der Waals surface area contributed by atoms with E-state index in [-0.39, 0.29) is 5.91 Å². The average molecular weight is 392 g/mol. The molecular formula is C21H20N4O4. The van der Waals surface area contributed by atoms with Gasteiger partial charge in [-0.05, 0) is 55.0 Å². The number of methoxy groups -OCH3 is 2. The molecule has 29 heavy (non-hydrogen) atoms. The van der Waals surface area contributed by atoms with Gasteiger partial charge in [0.1, 0.15) is 17.9 Å². The number of aromatic nitrogens is 2. The molecule has 8 nitrogen and oxygen atoms in total. The minimum atomic E-state index is -0.575. The summed E-state index contributed by atoms with van der Waals surface area (Å²) in [7, 11) is 2.89. The zero-order valence-corrected chi connectivity index (χ0v) is 16.2. The predicted molar refractivity (Wildman–Crippen MR) is 109 cm³/mol. The summed E-state index contributed by atoms with van der Waals surface area (Å²) in [6.45, 7) is 1.78. The summed E-state index contributed by atoms with van der Waals surface area (Å²) < 4.78 is 9.72. The molecule has 0 aliphatic rings. The quantitative estimate of drug-likeness (QED) is 0.683. The first-order valence-corrected chi connectivity index (χ1v) is 8.73. The topological polar surface area (TPSA) is 102 Å². The first kappa shape index (κ1) is 19.8. The van der Waals surface area contributed by atoms with E-state index in [1.165, 1.54) is 13.4 Å². The van der Waals surface area contributed by atoms with E-state index in [0.29, 0.717) is 28.3 Å². The molecule has 0 saturated carbocycles. The van der Waals surface area contributed by atoms with E-state index in [2.05, 4.69) is 25.3 Å². The third kappa shape index (κ3) is 4.86. The van der Waals surface area contributed by atoms with Crippen molar-refractivity contribution < 1.29 is 19.1 Å². The van der Waals surface area contributed by atoms with Crippen LogP contribution in [0.2, 0.25) is 0 Å². The second-order valence-corrected chi connectivity index (χ2v) is 6.12. The minimum Gasteiger partial charge on any atom is -0.497 e. The highest BCUT2D eigenvalue weighted by atomic mass is 16.5. The number of benzene rings is 2. The molecule has 2 aromatic carbocycles. The Labute approximate surface area is 167 Å². The van der Waals surface area contributed by atoms with Gasteiger partial charge in [-0.1, -0.05) is 0 Å². The zero-order valence-electron chi connectivity index (χ0n) is 16.2. The minimum absolute atomic E-state index is 0.313. The maximum Gasteiger partial charge on any atom is 0.411 e. The SMILES string of the molecule is COC(=O)Nc1ccc(C(=O)Nc2cc(-c3ccc(OC)cc3)ncn2)c(C)c1. The van der Waals surface area contributed by atoms with Crippen LogP contribution >= 0.6 is 0 Å². The van der Waals surface area contributed by atoms with Crippen LogP contribution < -0.4 is 15.4 Å². The largest absolute Gasteiger partial charge is 0.497 e. The highest BCUT2D eigenvalue weighted by molar-refractivity contribution is 6.05.